The predicted octanol–water partition coefficient (Wildman–Crippen LogP) is 4.37. The molecule has 2 aromatic carbocycles. The van der Waals surface area contributed by atoms with Crippen molar-refractivity contribution >= 4 is 27.3 Å². The van der Waals surface area contributed by atoms with Crippen molar-refractivity contribution in [2.75, 3.05) is 5.32 Å². The van der Waals surface area contributed by atoms with E-state index in [1.807, 2.05) is 49.4 Å². The monoisotopic (exact) mass is 286 g/mol. The van der Waals surface area contributed by atoms with Gasteiger partial charge in [-0.2, -0.15) is 5.26 Å². The van der Waals surface area contributed by atoms with E-state index >= 15 is 0 Å². The minimum absolute atomic E-state index is 0.657. The first kappa shape index (κ1) is 11.7. The Labute approximate surface area is 109 Å². The molecular formula is C14H11BrN2. The number of aryl methyl sites for hydroxylation is 1. The summed E-state index contributed by atoms with van der Waals surface area (Å²) in [6.07, 6.45) is 0. The maximum absolute atomic E-state index is 9.08. The largest absolute Gasteiger partial charge is 0.354 e. The summed E-state index contributed by atoms with van der Waals surface area (Å²) in [6, 6.07) is 15.8. The summed E-state index contributed by atoms with van der Waals surface area (Å²) < 4.78 is 1.01. The fraction of sp³-hybridized carbons (Fsp3) is 0.0714. The Kier molecular flexibility index (Phi) is 3.46. The van der Waals surface area contributed by atoms with Crippen molar-refractivity contribution in [3.63, 3.8) is 0 Å². The third kappa shape index (κ3) is 2.66. The van der Waals surface area contributed by atoms with Gasteiger partial charge in [-0.25, -0.2) is 0 Å². The molecule has 0 aliphatic heterocycles. The molecule has 3 heteroatoms. The quantitative estimate of drug-likeness (QED) is 0.890. The highest BCUT2D eigenvalue weighted by molar-refractivity contribution is 9.10. The molecule has 0 unspecified atom stereocenters. The van der Waals surface area contributed by atoms with Gasteiger partial charge >= 0.3 is 0 Å². The average Bonchev–Trinajstić information content (AvgIpc) is 2.32. The van der Waals surface area contributed by atoms with E-state index in [2.05, 4.69) is 27.3 Å². The van der Waals surface area contributed by atoms with E-state index in [1.54, 1.807) is 0 Å². The number of nitrogens with one attached hydrogen (secondary N) is 1. The summed E-state index contributed by atoms with van der Waals surface area (Å²) in [5.74, 6) is 0. The van der Waals surface area contributed by atoms with Gasteiger partial charge in [0, 0.05) is 10.2 Å². The second-order valence-electron chi connectivity index (χ2n) is 3.74. The Morgan fingerprint density at radius 2 is 1.94 bits per heavy atom. The lowest BCUT2D eigenvalue weighted by Gasteiger charge is -2.11. The van der Waals surface area contributed by atoms with Crippen molar-refractivity contribution < 1.29 is 0 Å². The van der Waals surface area contributed by atoms with Crippen LogP contribution in [-0.4, -0.2) is 0 Å². The molecule has 0 amide bonds. The molecule has 84 valence electrons. The SMILES string of the molecule is Cc1cccc(C#N)c1Nc1cccc(Br)c1. The molecule has 0 aromatic heterocycles. The normalized spacial score (nSPS) is 9.71. The molecule has 0 atom stereocenters. The number of nitrogens with zero attached hydrogens (tertiary/aromatic N) is 1. The van der Waals surface area contributed by atoms with Crippen LogP contribution in [0.4, 0.5) is 11.4 Å². The van der Waals surface area contributed by atoms with Gasteiger partial charge in [0.2, 0.25) is 0 Å². The molecule has 2 nitrogen and oxygen atoms in total. The van der Waals surface area contributed by atoms with Crippen molar-refractivity contribution in [2.24, 2.45) is 0 Å². The van der Waals surface area contributed by atoms with Crippen LogP contribution >= 0.6 is 15.9 Å². The molecule has 17 heavy (non-hydrogen) atoms. The molecule has 2 aromatic rings. The fourth-order valence-corrected chi connectivity index (χ4v) is 2.04. The third-order valence-electron chi connectivity index (χ3n) is 2.49. The van der Waals surface area contributed by atoms with Crippen LogP contribution in [0.1, 0.15) is 11.1 Å². The van der Waals surface area contributed by atoms with Gasteiger partial charge in [-0.05, 0) is 36.8 Å². The fourth-order valence-electron chi connectivity index (χ4n) is 1.64. The molecular weight excluding hydrogens is 276 g/mol. The average molecular weight is 287 g/mol. The lowest BCUT2D eigenvalue weighted by Crippen LogP contribution is -1.96. The topological polar surface area (TPSA) is 35.8 Å². The summed E-state index contributed by atoms with van der Waals surface area (Å²) in [6.45, 7) is 1.99. The Bertz CT molecular complexity index is 585. The molecule has 0 saturated heterocycles. The number of hydrogen-bond donors (Lipinski definition) is 1. The van der Waals surface area contributed by atoms with Gasteiger partial charge in [-0.1, -0.05) is 34.1 Å². The van der Waals surface area contributed by atoms with Crippen molar-refractivity contribution in [3.05, 3.63) is 58.1 Å². The van der Waals surface area contributed by atoms with E-state index in [0.29, 0.717) is 5.56 Å². The van der Waals surface area contributed by atoms with Crippen molar-refractivity contribution in [1.82, 2.24) is 0 Å². The van der Waals surface area contributed by atoms with Crippen LogP contribution in [0.3, 0.4) is 0 Å². The zero-order valence-corrected chi connectivity index (χ0v) is 11.0. The Hall–Kier alpha value is -1.79. The van der Waals surface area contributed by atoms with E-state index in [9.17, 15) is 0 Å². The molecule has 0 saturated carbocycles. The van der Waals surface area contributed by atoms with E-state index in [-0.39, 0.29) is 0 Å². The number of rotatable bonds is 2. The first-order chi connectivity index (χ1) is 8.20. The number of anilines is 2. The van der Waals surface area contributed by atoms with E-state index in [0.717, 1.165) is 21.4 Å². The first-order valence-corrected chi connectivity index (χ1v) is 6.02. The van der Waals surface area contributed by atoms with Gasteiger partial charge in [0.05, 0.1) is 11.3 Å². The number of benzene rings is 2. The van der Waals surface area contributed by atoms with Crippen molar-refractivity contribution in [3.8, 4) is 6.07 Å². The number of hydrogen-bond acceptors (Lipinski definition) is 2. The number of para-hydroxylation sites is 1. The zero-order valence-electron chi connectivity index (χ0n) is 9.37. The highest BCUT2D eigenvalue weighted by Crippen LogP contribution is 2.25. The maximum atomic E-state index is 9.08. The molecule has 1 N–H and O–H groups in total. The zero-order chi connectivity index (χ0) is 12.3. The summed E-state index contributed by atoms with van der Waals surface area (Å²) in [4.78, 5) is 0. The highest BCUT2D eigenvalue weighted by Gasteiger charge is 2.05. The first-order valence-electron chi connectivity index (χ1n) is 5.23. The second kappa shape index (κ2) is 5.03. The van der Waals surface area contributed by atoms with Crippen LogP contribution in [0.2, 0.25) is 0 Å². The van der Waals surface area contributed by atoms with Crippen LogP contribution in [-0.2, 0) is 0 Å². The second-order valence-corrected chi connectivity index (χ2v) is 4.66. The van der Waals surface area contributed by atoms with Crippen LogP contribution in [0.5, 0.6) is 0 Å². The molecule has 0 aliphatic carbocycles. The maximum Gasteiger partial charge on any atom is 0.101 e. The van der Waals surface area contributed by atoms with Gasteiger partial charge in [-0.3, -0.25) is 0 Å². The van der Waals surface area contributed by atoms with Crippen LogP contribution < -0.4 is 5.32 Å². The minimum Gasteiger partial charge on any atom is -0.354 e. The van der Waals surface area contributed by atoms with E-state index in [1.165, 1.54) is 0 Å². The van der Waals surface area contributed by atoms with Crippen LogP contribution in [0.25, 0.3) is 0 Å². The Balaban J connectivity index is 2.40. The highest BCUT2D eigenvalue weighted by atomic mass is 79.9. The summed E-state index contributed by atoms with van der Waals surface area (Å²) in [5, 5.41) is 12.4. The van der Waals surface area contributed by atoms with Gasteiger partial charge < -0.3 is 5.32 Å². The summed E-state index contributed by atoms with van der Waals surface area (Å²) in [5.41, 5.74) is 3.55. The van der Waals surface area contributed by atoms with Gasteiger partial charge in [0.25, 0.3) is 0 Å². The van der Waals surface area contributed by atoms with Crippen LogP contribution in [0, 0.1) is 18.3 Å². The van der Waals surface area contributed by atoms with E-state index < -0.39 is 0 Å². The van der Waals surface area contributed by atoms with Gasteiger partial charge in [0.1, 0.15) is 6.07 Å². The molecule has 0 fully saturated rings. The summed E-state index contributed by atoms with van der Waals surface area (Å²) >= 11 is 3.42. The van der Waals surface area contributed by atoms with Crippen molar-refractivity contribution in [2.45, 2.75) is 6.92 Å². The molecule has 0 bridgehead atoms. The van der Waals surface area contributed by atoms with Gasteiger partial charge in [-0.15, -0.1) is 0 Å². The molecule has 0 heterocycles. The Morgan fingerprint density at radius 1 is 1.18 bits per heavy atom. The smallest absolute Gasteiger partial charge is 0.101 e. The standard InChI is InChI=1S/C14H11BrN2/c1-10-4-2-5-11(9-16)14(10)17-13-7-3-6-12(15)8-13/h2-8,17H,1H3. The molecule has 0 spiro atoms. The molecule has 0 radical (unpaired) electrons. The minimum atomic E-state index is 0.657. The lowest BCUT2D eigenvalue weighted by atomic mass is 10.1. The molecule has 2 rings (SSSR count). The number of nitriles is 1. The Morgan fingerprint density at radius 3 is 2.65 bits per heavy atom. The van der Waals surface area contributed by atoms with Crippen molar-refractivity contribution in [1.29, 1.82) is 5.26 Å². The van der Waals surface area contributed by atoms with E-state index in [4.69, 9.17) is 5.26 Å². The summed E-state index contributed by atoms with van der Waals surface area (Å²) in [7, 11) is 0. The van der Waals surface area contributed by atoms with Gasteiger partial charge in [0.15, 0.2) is 0 Å². The molecule has 0 aliphatic rings. The van der Waals surface area contributed by atoms with Crippen LogP contribution in [0.15, 0.2) is 46.9 Å². The predicted molar refractivity (Wildman–Crippen MR) is 73.3 cm³/mol. The third-order valence-corrected chi connectivity index (χ3v) is 2.98. The number of halogens is 1. The lowest BCUT2D eigenvalue weighted by molar-refractivity contribution is 1.39.